The highest BCUT2D eigenvalue weighted by atomic mass is 79.9. The summed E-state index contributed by atoms with van der Waals surface area (Å²) in [5, 5.41) is 10.6. The standard InChI is InChI=1S/C12H10BrN3O4S/c1-15(10-2-4-11(5-3-10)16(17)18)21(19,20)12-6-9(13)7-14-8-12/h2-8H,1H3. The fourth-order valence-electron chi connectivity index (χ4n) is 1.61. The Labute approximate surface area is 129 Å². The first-order valence-corrected chi connectivity index (χ1v) is 7.89. The fraction of sp³-hybridized carbons (Fsp3) is 0.0833. The number of benzene rings is 1. The molecule has 0 aliphatic carbocycles. The van der Waals surface area contributed by atoms with Gasteiger partial charge in [0.15, 0.2) is 0 Å². The van der Waals surface area contributed by atoms with Gasteiger partial charge in [0.1, 0.15) is 4.90 Å². The maximum atomic E-state index is 12.4. The van der Waals surface area contributed by atoms with Crippen LogP contribution in [0, 0.1) is 10.1 Å². The van der Waals surface area contributed by atoms with Crippen molar-refractivity contribution in [1.82, 2.24) is 4.98 Å². The van der Waals surface area contributed by atoms with Crippen molar-refractivity contribution in [2.75, 3.05) is 11.4 Å². The molecule has 2 aromatic rings. The first-order valence-electron chi connectivity index (χ1n) is 5.66. The molecular formula is C12H10BrN3O4S. The van der Waals surface area contributed by atoms with Crippen molar-refractivity contribution in [3.05, 3.63) is 57.3 Å². The van der Waals surface area contributed by atoms with Crippen molar-refractivity contribution >= 4 is 37.3 Å². The van der Waals surface area contributed by atoms with Crippen LogP contribution in [0.1, 0.15) is 0 Å². The minimum absolute atomic E-state index is 0.0257. The maximum Gasteiger partial charge on any atom is 0.269 e. The second kappa shape index (κ2) is 5.78. The predicted molar refractivity (Wildman–Crippen MR) is 80.6 cm³/mol. The zero-order valence-corrected chi connectivity index (χ0v) is 13.2. The molecule has 7 nitrogen and oxygen atoms in total. The van der Waals surface area contributed by atoms with Crippen molar-refractivity contribution in [3.8, 4) is 0 Å². The zero-order valence-electron chi connectivity index (χ0n) is 10.8. The second-order valence-corrected chi connectivity index (χ2v) is 6.97. The van der Waals surface area contributed by atoms with E-state index in [0.717, 1.165) is 4.31 Å². The quantitative estimate of drug-likeness (QED) is 0.608. The Bertz CT molecular complexity index is 777. The van der Waals surface area contributed by atoms with E-state index >= 15 is 0 Å². The fourth-order valence-corrected chi connectivity index (χ4v) is 3.32. The minimum atomic E-state index is -3.78. The van der Waals surface area contributed by atoms with Crippen LogP contribution in [0.3, 0.4) is 0 Å². The van der Waals surface area contributed by atoms with Crippen molar-refractivity contribution in [3.63, 3.8) is 0 Å². The van der Waals surface area contributed by atoms with Gasteiger partial charge in [-0.05, 0) is 34.1 Å². The number of rotatable bonds is 4. The number of halogens is 1. The number of nitro benzene ring substituents is 1. The van der Waals surface area contributed by atoms with Crippen LogP contribution >= 0.6 is 15.9 Å². The van der Waals surface area contributed by atoms with Crippen LogP contribution in [0.15, 0.2) is 52.1 Å². The molecule has 1 aromatic heterocycles. The van der Waals surface area contributed by atoms with Gasteiger partial charge in [0, 0.05) is 36.0 Å². The molecule has 9 heteroatoms. The Morgan fingerprint density at radius 3 is 2.38 bits per heavy atom. The van der Waals surface area contributed by atoms with Gasteiger partial charge in [-0.3, -0.25) is 19.4 Å². The molecule has 0 spiro atoms. The first kappa shape index (κ1) is 15.4. The van der Waals surface area contributed by atoms with Crippen molar-refractivity contribution in [2.45, 2.75) is 4.90 Å². The molecule has 0 fully saturated rings. The zero-order chi connectivity index (χ0) is 15.6. The van der Waals surface area contributed by atoms with E-state index in [1.54, 1.807) is 0 Å². The molecule has 0 bridgehead atoms. The SMILES string of the molecule is CN(c1ccc([N+](=O)[O-])cc1)S(=O)(=O)c1cncc(Br)c1. The number of hydrogen-bond donors (Lipinski definition) is 0. The van der Waals surface area contributed by atoms with E-state index in [0.29, 0.717) is 10.2 Å². The normalized spacial score (nSPS) is 11.1. The number of anilines is 1. The lowest BCUT2D eigenvalue weighted by atomic mass is 10.3. The van der Waals surface area contributed by atoms with Crippen molar-refractivity contribution in [1.29, 1.82) is 0 Å². The lowest BCUT2D eigenvalue weighted by molar-refractivity contribution is -0.384. The van der Waals surface area contributed by atoms with Crippen LogP contribution in [-0.2, 0) is 10.0 Å². The maximum absolute atomic E-state index is 12.4. The molecule has 1 aromatic carbocycles. The Balaban J connectivity index is 2.38. The average molecular weight is 372 g/mol. The average Bonchev–Trinajstić information content (AvgIpc) is 2.46. The van der Waals surface area contributed by atoms with Gasteiger partial charge in [0.05, 0.1) is 10.6 Å². The monoisotopic (exact) mass is 371 g/mol. The molecular weight excluding hydrogens is 362 g/mol. The molecule has 0 N–H and O–H groups in total. The molecule has 110 valence electrons. The van der Waals surface area contributed by atoms with Crippen LogP contribution in [0.5, 0.6) is 0 Å². The molecule has 0 saturated carbocycles. The summed E-state index contributed by atoms with van der Waals surface area (Å²) in [6.45, 7) is 0. The number of nitro groups is 1. The highest BCUT2D eigenvalue weighted by Crippen LogP contribution is 2.25. The van der Waals surface area contributed by atoms with Crippen molar-refractivity contribution < 1.29 is 13.3 Å². The third kappa shape index (κ3) is 3.19. The highest BCUT2D eigenvalue weighted by molar-refractivity contribution is 9.10. The predicted octanol–water partition coefficient (Wildman–Crippen LogP) is 2.58. The van der Waals surface area contributed by atoms with Gasteiger partial charge < -0.3 is 0 Å². The van der Waals surface area contributed by atoms with Crippen LogP contribution in [0.4, 0.5) is 11.4 Å². The van der Waals surface area contributed by atoms with Gasteiger partial charge in [-0.15, -0.1) is 0 Å². The molecule has 0 radical (unpaired) electrons. The van der Waals surface area contributed by atoms with E-state index in [-0.39, 0.29) is 10.6 Å². The number of hydrogen-bond acceptors (Lipinski definition) is 5. The summed E-state index contributed by atoms with van der Waals surface area (Å²) in [4.78, 5) is 13.9. The number of sulfonamides is 1. The summed E-state index contributed by atoms with van der Waals surface area (Å²) < 4.78 is 26.5. The number of nitrogens with zero attached hydrogens (tertiary/aromatic N) is 3. The smallest absolute Gasteiger partial charge is 0.269 e. The molecule has 2 rings (SSSR count). The van der Waals surface area contributed by atoms with E-state index in [1.165, 1.54) is 49.8 Å². The van der Waals surface area contributed by atoms with Crippen molar-refractivity contribution in [2.24, 2.45) is 0 Å². The summed E-state index contributed by atoms with van der Waals surface area (Å²) >= 11 is 3.17. The second-order valence-electron chi connectivity index (χ2n) is 4.08. The molecule has 0 amide bonds. The highest BCUT2D eigenvalue weighted by Gasteiger charge is 2.22. The van der Waals surface area contributed by atoms with Crippen LogP contribution in [-0.4, -0.2) is 25.4 Å². The summed E-state index contributed by atoms with van der Waals surface area (Å²) in [7, 11) is -2.40. The Kier molecular flexibility index (Phi) is 4.24. The molecule has 0 saturated heterocycles. The van der Waals surface area contributed by atoms with Gasteiger partial charge >= 0.3 is 0 Å². The van der Waals surface area contributed by atoms with E-state index in [1.807, 2.05) is 0 Å². The number of aromatic nitrogens is 1. The van der Waals surface area contributed by atoms with Crippen LogP contribution in [0.2, 0.25) is 0 Å². The van der Waals surface area contributed by atoms with Gasteiger partial charge in [0.2, 0.25) is 0 Å². The van der Waals surface area contributed by atoms with Gasteiger partial charge in [0.25, 0.3) is 15.7 Å². The summed E-state index contributed by atoms with van der Waals surface area (Å²) in [6.07, 6.45) is 2.72. The first-order chi connectivity index (χ1) is 9.82. The largest absolute Gasteiger partial charge is 0.269 e. The van der Waals surface area contributed by atoms with Gasteiger partial charge in [-0.25, -0.2) is 8.42 Å². The summed E-state index contributed by atoms with van der Waals surface area (Å²) in [6, 6.07) is 6.69. The molecule has 0 atom stereocenters. The molecule has 0 aliphatic heterocycles. The summed E-state index contributed by atoms with van der Waals surface area (Å²) in [5.74, 6) is 0. The van der Waals surface area contributed by atoms with Crippen LogP contribution in [0.25, 0.3) is 0 Å². The lowest BCUT2D eigenvalue weighted by Gasteiger charge is -2.19. The molecule has 1 heterocycles. The Morgan fingerprint density at radius 1 is 1.24 bits per heavy atom. The van der Waals surface area contributed by atoms with Gasteiger partial charge in [-0.2, -0.15) is 0 Å². The van der Waals surface area contributed by atoms with Gasteiger partial charge in [-0.1, -0.05) is 0 Å². The number of pyridine rings is 1. The topological polar surface area (TPSA) is 93.4 Å². The van der Waals surface area contributed by atoms with Crippen LogP contribution < -0.4 is 4.31 Å². The van der Waals surface area contributed by atoms with E-state index in [2.05, 4.69) is 20.9 Å². The third-order valence-electron chi connectivity index (χ3n) is 2.76. The third-order valence-corrected chi connectivity index (χ3v) is 4.95. The summed E-state index contributed by atoms with van der Waals surface area (Å²) in [5.41, 5.74) is 0.217. The van der Waals surface area contributed by atoms with E-state index in [9.17, 15) is 18.5 Å². The molecule has 0 unspecified atom stereocenters. The minimum Gasteiger partial charge on any atom is -0.269 e. The lowest BCUT2D eigenvalue weighted by Crippen LogP contribution is -2.26. The van der Waals surface area contributed by atoms with E-state index < -0.39 is 14.9 Å². The Morgan fingerprint density at radius 2 is 1.86 bits per heavy atom. The van der Waals surface area contributed by atoms with E-state index in [4.69, 9.17) is 0 Å². The Hall–Kier alpha value is -2.00. The molecule has 0 aliphatic rings. The number of non-ortho nitro benzene ring substituents is 1. The molecule has 21 heavy (non-hydrogen) atoms.